The molecule has 55 heavy (non-hydrogen) atoms. The van der Waals surface area contributed by atoms with E-state index >= 15 is 0 Å². The zero-order valence-corrected chi connectivity index (χ0v) is 29.7. The van der Waals surface area contributed by atoms with Crippen LogP contribution in [0.1, 0.15) is 11.1 Å². The molecule has 0 spiro atoms. The summed E-state index contributed by atoms with van der Waals surface area (Å²) in [6, 6.07) is 70.4. The number of para-hydroxylation sites is 1. The topological polar surface area (TPSA) is 52.5 Å². The van der Waals surface area contributed by atoms with Crippen LogP contribution < -0.4 is 0 Å². The summed E-state index contributed by atoms with van der Waals surface area (Å²) in [6.45, 7) is 0. The Morgan fingerprint density at radius 3 is 1.47 bits per heavy atom. The Morgan fingerprint density at radius 1 is 0.309 bits per heavy atom. The molecule has 254 valence electrons. The second kappa shape index (κ2) is 13.0. The summed E-state index contributed by atoms with van der Waals surface area (Å²) >= 11 is 0. The maximum atomic E-state index is 10.2. The van der Waals surface area contributed by atoms with Crippen molar-refractivity contribution in [2.24, 2.45) is 0 Å². The van der Waals surface area contributed by atoms with Gasteiger partial charge in [0.05, 0.1) is 34.3 Å². The molecule has 0 fully saturated rings. The van der Waals surface area contributed by atoms with E-state index in [1.165, 1.54) is 38.2 Å². The molecule has 0 amide bonds. The lowest BCUT2D eigenvalue weighted by Gasteiger charge is -2.18. The molecule has 0 aliphatic heterocycles. The highest BCUT2D eigenvalue weighted by atomic mass is 15.0. The van der Waals surface area contributed by atoms with Gasteiger partial charge < -0.3 is 4.57 Å². The van der Waals surface area contributed by atoms with Crippen molar-refractivity contribution in [3.05, 3.63) is 199 Å². The van der Waals surface area contributed by atoms with Crippen LogP contribution in [-0.4, -0.2) is 4.57 Å². The standard InChI is InChI=1S/C52H31N3/c53-32-34-21-26-50-48(29-34)43-15-8-9-20-49(43)55(50)42-24-22-36(23-25-42)40-27-35(33-54)28-41(31-40)38-13-10-14-39(30-38)52-46-18-6-4-16-44(46)51(37-11-2-1-3-12-37)45-17-5-7-19-47(45)52/h1-31H. The quantitative estimate of drug-likeness (QED) is 0.168. The number of nitriles is 2. The number of aromatic nitrogens is 1. The zero-order chi connectivity index (χ0) is 36.9. The van der Waals surface area contributed by atoms with Crippen LogP contribution in [0.5, 0.6) is 0 Å². The molecule has 0 saturated carbocycles. The molecule has 1 heterocycles. The van der Waals surface area contributed by atoms with E-state index in [0.29, 0.717) is 11.1 Å². The molecule has 0 atom stereocenters. The highest BCUT2D eigenvalue weighted by Gasteiger charge is 2.18. The molecule has 0 aliphatic carbocycles. The molecule has 3 nitrogen and oxygen atoms in total. The average Bonchev–Trinajstić information content (AvgIpc) is 3.59. The van der Waals surface area contributed by atoms with Gasteiger partial charge in [0.15, 0.2) is 0 Å². The summed E-state index contributed by atoms with van der Waals surface area (Å²) in [6.07, 6.45) is 0. The van der Waals surface area contributed by atoms with Crippen molar-refractivity contribution in [1.82, 2.24) is 4.57 Å². The highest BCUT2D eigenvalue weighted by Crippen LogP contribution is 2.44. The van der Waals surface area contributed by atoms with Crippen LogP contribution in [0.25, 0.3) is 93.5 Å². The minimum atomic E-state index is 0.612. The molecule has 0 aliphatic rings. The van der Waals surface area contributed by atoms with Crippen LogP contribution >= 0.6 is 0 Å². The van der Waals surface area contributed by atoms with E-state index in [1.807, 2.05) is 42.5 Å². The van der Waals surface area contributed by atoms with E-state index in [1.54, 1.807) is 0 Å². The summed E-state index contributed by atoms with van der Waals surface area (Å²) in [5.41, 5.74) is 13.3. The fraction of sp³-hybridized carbons (Fsp3) is 0. The van der Waals surface area contributed by atoms with E-state index < -0.39 is 0 Å². The zero-order valence-electron chi connectivity index (χ0n) is 29.7. The maximum absolute atomic E-state index is 10.2. The lowest BCUT2D eigenvalue weighted by molar-refractivity contribution is 1.18. The SMILES string of the molecule is N#Cc1cc(-c2ccc(-n3c4ccccc4c4cc(C#N)ccc43)cc2)cc(-c2cccc(-c3c4ccccc4c(-c4ccccc4)c4ccccc34)c2)c1. The minimum Gasteiger partial charge on any atom is -0.309 e. The number of nitrogens with zero attached hydrogens (tertiary/aromatic N) is 3. The number of hydrogen-bond donors (Lipinski definition) is 0. The fourth-order valence-electron chi connectivity index (χ4n) is 8.36. The first-order valence-electron chi connectivity index (χ1n) is 18.4. The monoisotopic (exact) mass is 697 g/mol. The van der Waals surface area contributed by atoms with E-state index in [4.69, 9.17) is 0 Å². The van der Waals surface area contributed by atoms with Gasteiger partial charge in [-0.3, -0.25) is 0 Å². The predicted molar refractivity (Wildman–Crippen MR) is 227 cm³/mol. The summed E-state index contributed by atoms with van der Waals surface area (Å²) in [7, 11) is 0. The Morgan fingerprint density at radius 2 is 0.818 bits per heavy atom. The van der Waals surface area contributed by atoms with Gasteiger partial charge in [-0.05, 0) is 127 Å². The van der Waals surface area contributed by atoms with E-state index in [9.17, 15) is 10.5 Å². The van der Waals surface area contributed by atoms with Crippen molar-refractivity contribution in [3.8, 4) is 62.3 Å². The van der Waals surface area contributed by atoms with Gasteiger partial charge in [-0.2, -0.15) is 10.5 Å². The van der Waals surface area contributed by atoms with E-state index in [0.717, 1.165) is 55.3 Å². The van der Waals surface area contributed by atoms with Gasteiger partial charge in [0.1, 0.15) is 0 Å². The molecule has 1 aromatic heterocycles. The maximum Gasteiger partial charge on any atom is 0.0992 e. The Balaban J connectivity index is 1.08. The van der Waals surface area contributed by atoms with Crippen molar-refractivity contribution >= 4 is 43.4 Å². The predicted octanol–water partition coefficient (Wildman–Crippen LogP) is 13.5. The van der Waals surface area contributed by atoms with E-state index in [-0.39, 0.29) is 0 Å². The highest BCUT2D eigenvalue weighted by molar-refractivity contribution is 6.21. The lowest BCUT2D eigenvalue weighted by atomic mass is 9.85. The number of rotatable bonds is 5. The Kier molecular flexibility index (Phi) is 7.58. The number of benzene rings is 9. The van der Waals surface area contributed by atoms with Gasteiger partial charge in [-0.1, -0.05) is 127 Å². The second-order valence-electron chi connectivity index (χ2n) is 13.9. The summed E-state index contributed by atoms with van der Waals surface area (Å²) < 4.78 is 2.25. The smallest absolute Gasteiger partial charge is 0.0992 e. The largest absolute Gasteiger partial charge is 0.309 e. The fourth-order valence-corrected chi connectivity index (χ4v) is 8.36. The molecule has 10 aromatic rings. The molecular weight excluding hydrogens is 667 g/mol. The van der Waals surface area contributed by atoms with Gasteiger partial charge in [-0.25, -0.2) is 0 Å². The molecule has 9 aromatic carbocycles. The van der Waals surface area contributed by atoms with Crippen LogP contribution in [0, 0.1) is 22.7 Å². The van der Waals surface area contributed by atoms with Crippen molar-refractivity contribution in [1.29, 1.82) is 10.5 Å². The molecule has 0 N–H and O–H groups in total. The molecule has 3 heteroatoms. The van der Waals surface area contributed by atoms with Crippen LogP contribution in [0.4, 0.5) is 0 Å². The molecule has 10 rings (SSSR count). The average molecular weight is 698 g/mol. The normalized spacial score (nSPS) is 11.2. The first-order valence-corrected chi connectivity index (χ1v) is 18.4. The molecular formula is C52H31N3. The lowest BCUT2D eigenvalue weighted by Crippen LogP contribution is -1.94. The third kappa shape index (κ3) is 5.35. The minimum absolute atomic E-state index is 0.612. The summed E-state index contributed by atoms with van der Waals surface area (Å²) in [5, 5.41) is 26.8. The summed E-state index contributed by atoms with van der Waals surface area (Å²) in [4.78, 5) is 0. The second-order valence-corrected chi connectivity index (χ2v) is 13.9. The van der Waals surface area contributed by atoms with Gasteiger partial charge in [0.2, 0.25) is 0 Å². The first kappa shape index (κ1) is 32.0. The van der Waals surface area contributed by atoms with Crippen molar-refractivity contribution in [3.63, 3.8) is 0 Å². The van der Waals surface area contributed by atoms with E-state index in [2.05, 4.69) is 162 Å². The van der Waals surface area contributed by atoms with Crippen molar-refractivity contribution in [2.75, 3.05) is 0 Å². The third-order valence-corrected chi connectivity index (χ3v) is 10.8. The Hall–Kier alpha value is -7.72. The Bertz CT molecular complexity index is 3150. The molecule has 0 radical (unpaired) electrons. The number of hydrogen-bond acceptors (Lipinski definition) is 2. The van der Waals surface area contributed by atoms with Crippen molar-refractivity contribution < 1.29 is 0 Å². The van der Waals surface area contributed by atoms with Gasteiger partial charge in [0.25, 0.3) is 0 Å². The molecule has 0 saturated heterocycles. The van der Waals surface area contributed by atoms with Gasteiger partial charge >= 0.3 is 0 Å². The Labute approximate surface area is 318 Å². The number of fused-ring (bicyclic) bond motifs is 5. The van der Waals surface area contributed by atoms with Crippen LogP contribution in [0.3, 0.4) is 0 Å². The van der Waals surface area contributed by atoms with Crippen LogP contribution in [0.15, 0.2) is 188 Å². The van der Waals surface area contributed by atoms with Crippen LogP contribution in [0.2, 0.25) is 0 Å². The summed E-state index contributed by atoms with van der Waals surface area (Å²) in [5.74, 6) is 0. The van der Waals surface area contributed by atoms with Gasteiger partial charge in [-0.15, -0.1) is 0 Å². The first-order chi connectivity index (χ1) is 27.2. The molecule has 0 unspecified atom stereocenters. The van der Waals surface area contributed by atoms with Crippen LogP contribution in [-0.2, 0) is 0 Å². The van der Waals surface area contributed by atoms with Gasteiger partial charge in [0, 0.05) is 16.5 Å². The molecule has 0 bridgehead atoms. The third-order valence-electron chi connectivity index (χ3n) is 10.8. The van der Waals surface area contributed by atoms with Crippen molar-refractivity contribution in [2.45, 2.75) is 0 Å².